The molecule has 0 saturated carbocycles. The van der Waals surface area contributed by atoms with Gasteiger partial charge in [0, 0.05) is 47.0 Å². The van der Waals surface area contributed by atoms with Crippen molar-refractivity contribution in [3.05, 3.63) is 83.4 Å². The first-order valence-electron chi connectivity index (χ1n) is 13.3. The monoisotopic (exact) mass is 660 g/mol. The van der Waals surface area contributed by atoms with Crippen LogP contribution >= 0.6 is 19.2 Å². The van der Waals surface area contributed by atoms with E-state index in [0.717, 1.165) is 18.2 Å². The predicted octanol–water partition coefficient (Wildman–Crippen LogP) is 5.18. The number of anilines is 3. The number of carbonyl (C=O) groups excluding carboxylic acids is 1. The molecule has 17 heteroatoms. The number of ether oxygens (including phenoxy) is 2. The molecule has 0 fully saturated rings. The van der Waals surface area contributed by atoms with E-state index in [0.29, 0.717) is 63.5 Å². The van der Waals surface area contributed by atoms with Crippen molar-refractivity contribution in [3.8, 4) is 11.5 Å². The van der Waals surface area contributed by atoms with E-state index < -0.39 is 25.4 Å². The van der Waals surface area contributed by atoms with E-state index in [2.05, 4.69) is 30.1 Å². The van der Waals surface area contributed by atoms with Gasteiger partial charge in [0.05, 0.1) is 37.9 Å². The number of amides is 1. The minimum Gasteiger partial charge on any atom is -0.493 e. The van der Waals surface area contributed by atoms with Crippen LogP contribution in [0.3, 0.4) is 0 Å². The van der Waals surface area contributed by atoms with Gasteiger partial charge in [0.25, 0.3) is 0 Å². The standard InChI is InChI=1S/C28H27F2N6O7PS/c1-41-24-12-20-22(13-25(24)42-9-3-8-36-7-2-4-18(36)15-43-44(38,39)40)32-16-33-27(20)35-28-31-14-19(45-28)11-26(37)34-23-10-17(29)5-6-21(23)30/h2,4-7,10,12-14,16H,3,8-9,11,15H2,1H3,(H,34,37)(H2,38,39,40)(H,31,32,33,35). The average molecular weight is 661 g/mol. The van der Waals surface area contributed by atoms with Crippen LogP contribution in [0.25, 0.3) is 10.9 Å². The van der Waals surface area contributed by atoms with E-state index in [4.69, 9.17) is 19.3 Å². The second kappa shape index (κ2) is 14.1. The Kier molecular flexibility index (Phi) is 10.0. The Morgan fingerprint density at radius 2 is 1.96 bits per heavy atom. The number of phosphoric ester groups is 1. The molecule has 3 heterocycles. The van der Waals surface area contributed by atoms with E-state index in [1.165, 1.54) is 31.0 Å². The maximum Gasteiger partial charge on any atom is 0.469 e. The number of benzene rings is 2. The summed E-state index contributed by atoms with van der Waals surface area (Å²) in [5, 5.41) is 6.56. The van der Waals surface area contributed by atoms with Crippen molar-refractivity contribution in [2.45, 2.75) is 26.0 Å². The average Bonchev–Trinajstić information content (AvgIpc) is 3.64. The summed E-state index contributed by atoms with van der Waals surface area (Å²) in [4.78, 5) is 43.8. The van der Waals surface area contributed by atoms with Crippen molar-refractivity contribution in [2.75, 3.05) is 24.4 Å². The van der Waals surface area contributed by atoms with Crippen LogP contribution in [0.1, 0.15) is 17.0 Å². The minimum atomic E-state index is -4.57. The number of phosphoric acid groups is 1. The molecule has 0 aliphatic heterocycles. The summed E-state index contributed by atoms with van der Waals surface area (Å²) >= 11 is 1.20. The molecular formula is C28H27F2N6O7PS. The Labute approximate surface area is 259 Å². The topological polar surface area (TPSA) is 170 Å². The van der Waals surface area contributed by atoms with Gasteiger partial charge in [-0.2, -0.15) is 0 Å². The molecule has 5 aromatic rings. The third kappa shape index (κ3) is 8.59. The Balaban J connectivity index is 1.21. The molecule has 236 valence electrons. The summed E-state index contributed by atoms with van der Waals surface area (Å²) in [7, 11) is -3.07. The smallest absolute Gasteiger partial charge is 0.469 e. The van der Waals surface area contributed by atoms with Crippen LogP contribution in [-0.4, -0.2) is 48.9 Å². The molecule has 0 unspecified atom stereocenters. The van der Waals surface area contributed by atoms with E-state index in [-0.39, 0.29) is 18.7 Å². The zero-order valence-electron chi connectivity index (χ0n) is 23.6. The van der Waals surface area contributed by atoms with E-state index in [1.807, 2.05) is 4.57 Å². The molecule has 13 nitrogen and oxygen atoms in total. The van der Waals surface area contributed by atoms with Gasteiger partial charge in [0.1, 0.15) is 23.8 Å². The number of carbonyl (C=O) groups is 1. The second-order valence-corrected chi connectivity index (χ2v) is 11.9. The van der Waals surface area contributed by atoms with Gasteiger partial charge in [-0.15, -0.1) is 11.3 Å². The molecular weight excluding hydrogens is 633 g/mol. The number of thiazole rings is 1. The highest BCUT2D eigenvalue weighted by molar-refractivity contribution is 7.46. The van der Waals surface area contributed by atoms with Gasteiger partial charge >= 0.3 is 7.82 Å². The molecule has 0 bridgehead atoms. The molecule has 2 aromatic carbocycles. The van der Waals surface area contributed by atoms with Crippen LogP contribution < -0.4 is 20.1 Å². The van der Waals surface area contributed by atoms with Crippen molar-refractivity contribution in [3.63, 3.8) is 0 Å². The van der Waals surface area contributed by atoms with Crippen molar-refractivity contribution in [1.82, 2.24) is 19.5 Å². The summed E-state index contributed by atoms with van der Waals surface area (Å²) in [6.45, 7) is 0.622. The molecule has 0 aliphatic rings. The van der Waals surface area contributed by atoms with Gasteiger partial charge in [-0.3, -0.25) is 9.32 Å². The Morgan fingerprint density at radius 1 is 1.11 bits per heavy atom. The Morgan fingerprint density at radius 3 is 2.76 bits per heavy atom. The lowest BCUT2D eigenvalue weighted by molar-refractivity contribution is -0.115. The van der Waals surface area contributed by atoms with Crippen molar-refractivity contribution < 1.29 is 41.9 Å². The number of halogens is 2. The van der Waals surface area contributed by atoms with Gasteiger partial charge in [0.15, 0.2) is 16.6 Å². The summed E-state index contributed by atoms with van der Waals surface area (Å²) < 4.78 is 56.2. The van der Waals surface area contributed by atoms with Crippen LogP contribution in [0.5, 0.6) is 11.5 Å². The predicted molar refractivity (Wildman–Crippen MR) is 162 cm³/mol. The number of hydrogen-bond donors (Lipinski definition) is 4. The highest BCUT2D eigenvalue weighted by atomic mass is 32.1. The first-order valence-corrected chi connectivity index (χ1v) is 15.7. The number of hydrogen-bond acceptors (Lipinski definition) is 10. The molecule has 0 saturated heterocycles. The van der Waals surface area contributed by atoms with Gasteiger partial charge in [-0.1, -0.05) is 0 Å². The molecule has 4 N–H and O–H groups in total. The second-order valence-electron chi connectivity index (χ2n) is 9.51. The fraction of sp³-hybridized carbons (Fsp3) is 0.214. The number of aryl methyl sites for hydroxylation is 1. The highest BCUT2D eigenvalue weighted by Crippen LogP contribution is 2.37. The van der Waals surface area contributed by atoms with Crippen LogP contribution in [0, 0.1) is 11.6 Å². The molecule has 45 heavy (non-hydrogen) atoms. The number of fused-ring (bicyclic) bond motifs is 1. The van der Waals surface area contributed by atoms with Crippen LogP contribution in [0.15, 0.2) is 61.2 Å². The van der Waals surface area contributed by atoms with Gasteiger partial charge in [-0.05, 0) is 36.8 Å². The quantitative estimate of drug-likeness (QED) is 0.0915. The van der Waals surface area contributed by atoms with Crippen LogP contribution in [0.4, 0.5) is 25.4 Å². The fourth-order valence-corrected chi connectivity index (χ4v) is 5.41. The molecule has 0 radical (unpaired) electrons. The van der Waals surface area contributed by atoms with Gasteiger partial charge in [0.2, 0.25) is 5.91 Å². The fourth-order valence-electron chi connectivity index (χ4n) is 4.30. The largest absolute Gasteiger partial charge is 0.493 e. The van der Waals surface area contributed by atoms with E-state index >= 15 is 0 Å². The van der Waals surface area contributed by atoms with E-state index in [9.17, 15) is 18.1 Å². The molecule has 0 aliphatic carbocycles. The zero-order chi connectivity index (χ0) is 32.0. The third-order valence-corrected chi connectivity index (χ3v) is 7.72. The molecule has 0 spiro atoms. The summed E-state index contributed by atoms with van der Waals surface area (Å²) in [5.74, 6) is -0.587. The SMILES string of the molecule is COc1cc2c(Nc3ncc(CC(=O)Nc4cc(F)ccc4F)s3)ncnc2cc1OCCCn1cccc1COP(=O)(O)O. The van der Waals surface area contributed by atoms with Crippen molar-refractivity contribution in [1.29, 1.82) is 0 Å². The lowest BCUT2D eigenvalue weighted by Crippen LogP contribution is -2.14. The Hall–Kier alpha value is -4.47. The van der Waals surface area contributed by atoms with Gasteiger partial charge in [-0.25, -0.2) is 28.3 Å². The molecule has 1 amide bonds. The number of rotatable bonds is 14. The minimum absolute atomic E-state index is 0.0961. The normalized spacial score (nSPS) is 11.5. The number of aromatic nitrogens is 4. The molecule has 0 atom stereocenters. The number of nitrogens with zero attached hydrogens (tertiary/aromatic N) is 4. The lowest BCUT2D eigenvalue weighted by Gasteiger charge is -2.14. The summed E-state index contributed by atoms with van der Waals surface area (Å²) in [6, 6.07) is 9.75. The zero-order valence-corrected chi connectivity index (χ0v) is 25.4. The van der Waals surface area contributed by atoms with Gasteiger partial charge < -0.3 is 34.5 Å². The lowest BCUT2D eigenvalue weighted by atomic mass is 10.2. The number of nitrogens with one attached hydrogen (secondary N) is 2. The first-order chi connectivity index (χ1) is 21.6. The van der Waals surface area contributed by atoms with Crippen molar-refractivity contribution >= 4 is 52.6 Å². The van der Waals surface area contributed by atoms with Crippen LogP contribution in [-0.2, 0) is 33.5 Å². The third-order valence-electron chi connectivity index (χ3n) is 6.34. The molecule has 5 rings (SSSR count). The Bertz CT molecular complexity index is 1860. The maximum atomic E-state index is 13.9. The summed E-state index contributed by atoms with van der Waals surface area (Å²) in [5.41, 5.74) is 0.945. The number of methoxy groups -OCH3 is 1. The first kappa shape index (κ1) is 31.9. The van der Waals surface area contributed by atoms with Crippen LogP contribution in [0.2, 0.25) is 0 Å². The van der Waals surface area contributed by atoms with E-state index in [1.54, 1.807) is 30.5 Å². The maximum absolute atomic E-state index is 13.9. The summed E-state index contributed by atoms with van der Waals surface area (Å²) in [6.07, 6.45) is 5.16. The highest BCUT2D eigenvalue weighted by Gasteiger charge is 2.16. The van der Waals surface area contributed by atoms with Crippen molar-refractivity contribution in [2.24, 2.45) is 0 Å². The molecule has 3 aromatic heterocycles.